The zero-order chi connectivity index (χ0) is 49.5. The van der Waals surface area contributed by atoms with Crippen LogP contribution in [0, 0.1) is 34.2 Å². The van der Waals surface area contributed by atoms with Crippen molar-refractivity contribution in [2.24, 2.45) is 23.7 Å². The summed E-state index contributed by atoms with van der Waals surface area (Å²) in [7, 11) is 4.04. The summed E-state index contributed by atoms with van der Waals surface area (Å²) in [6.45, 7) is 12.9. The Kier molecular flexibility index (Phi) is 21.6. The van der Waals surface area contributed by atoms with E-state index in [9.17, 15) is 43.5 Å². The maximum absolute atomic E-state index is 14.4. The van der Waals surface area contributed by atoms with Gasteiger partial charge in [0.05, 0.1) is 10.1 Å². The van der Waals surface area contributed by atoms with Crippen LogP contribution in [0.3, 0.4) is 0 Å². The number of fused-ring (bicyclic) bond motifs is 1. The molecule has 0 radical (unpaired) electrons. The SMILES string of the molecule is CCC(C)[C@H](NC(=O)[C@H](Cc1ccc(C)cc1)NC(=O)[C@@H]1CSSC[C@H](C)C(=O)N2C[C@H](C)C[C@H]2C(=O)N[C@@H](Cc2ccc(O)c(I)c2)C(=O)NCC(=O)N[C@@H](CC(C)C)C(=O)N1)C(=O)NC. The molecule has 2 fully saturated rings. The van der Waals surface area contributed by atoms with Crippen molar-refractivity contribution >= 4 is 91.4 Å². The van der Waals surface area contributed by atoms with Crippen molar-refractivity contribution < 1.29 is 43.5 Å². The average molecular weight is 1080 g/mol. The maximum atomic E-state index is 14.4. The molecule has 17 nitrogen and oxygen atoms in total. The van der Waals surface area contributed by atoms with Gasteiger partial charge in [-0.1, -0.05) is 105 Å². The number of aromatic hydroxyl groups is 1. The molecule has 0 spiro atoms. The number of rotatable bonds is 13. The van der Waals surface area contributed by atoms with Gasteiger partial charge in [-0.25, -0.2) is 0 Å². The molecule has 368 valence electrons. The lowest BCUT2D eigenvalue weighted by atomic mass is 9.97. The van der Waals surface area contributed by atoms with Gasteiger partial charge in [0, 0.05) is 43.9 Å². The fourth-order valence-corrected chi connectivity index (χ4v) is 10.9. The van der Waals surface area contributed by atoms with Crippen LogP contribution in [0.15, 0.2) is 42.5 Å². The van der Waals surface area contributed by atoms with Crippen LogP contribution in [0.2, 0.25) is 0 Å². The molecule has 0 aliphatic carbocycles. The van der Waals surface area contributed by atoms with Crippen LogP contribution in [0.1, 0.15) is 77.5 Å². The summed E-state index contributed by atoms with van der Waals surface area (Å²) in [6, 6.07) is 5.83. The van der Waals surface area contributed by atoms with Crippen molar-refractivity contribution in [1.29, 1.82) is 0 Å². The molecule has 2 aliphatic heterocycles. The van der Waals surface area contributed by atoms with Crippen LogP contribution in [0.25, 0.3) is 0 Å². The highest BCUT2D eigenvalue weighted by atomic mass is 127. The maximum Gasteiger partial charge on any atom is 0.244 e. The Balaban J connectivity index is 1.66. The Bertz CT molecular complexity index is 2100. The largest absolute Gasteiger partial charge is 0.507 e. The molecule has 2 aromatic rings. The molecule has 67 heavy (non-hydrogen) atoms. The third-order valence-electron chi connectivity index (χ3n) is 11.9. The monoisotopic (exact) mass is 1080 g/mol. The van der Waals surface area contributed by atoms with Gasteiger partial charge in [0.25, 0.3) is 0 Å². The predicted octanol–water partition coefficient (Wildman–Crippen LogP) is 2.74. The van der Waals surface area contributed by atoms with Crippen molar-refractivity contribution in [2.75, 3.05) is 31.6 Å². The number of aryl methyl sites for hydroxylation is 1. The summed E-state index contributed by atoms with van der Waals surface area (Å²) in [5.41, 5.74) is 2.37. The number of hydrogen-bond donors (Lipinski definition) is 8. The number of benzene rings is 2. The standard InChI is InChI=1S/C47H67IN8O9S2/c1-9-28(6)40(46(64)49-8)55-43(61)35(19-30-12-10-26(4)11-13-30)52-44(62)36-24-67-66-23-29(7)47(65)56-22-27(5)17-37(56)45(63)53-34(20-31-14-15-38(57)32(48)18-31)41(59)50-21-39(58)51-33(16-25(2)3)42(60)54-36/h10-15,18,25,27-29,33-37,40,57H,9,16-17,19-24H2,1-8H3,(H,49,64)(H,50,59)(H,51,58)(H,52,62)(H,53,63)(H,54,60)(H,55,61)/t27-,28?,29+,33+,34+,35+,36+,37+,40+/m1/s1. The summed E-state index contributed by atoms with van der Waals surface area (Å²) in [5.74, 6) is -5.03. The number of carbonyl (C=O) groups excluding carboxylic acids is 8. The fourth-order valence-electron chi connectivity index (χ4n) is 7.80. The average Bonchev–Trinajstić information content (AvgIpc) is 3.69. The van der Waals surface area contributed by atoms with Gasteiger partial charge >= 0.3 is 0 Å². The molecule has 0 aromatic heterocycles. The number of nitrogens with zero attached hydrogens (tertiary/aromatic N) is 1. The van der Waals surface area contributed by atoms with Crippen LogP contribution >= 0.6 is 44.2 Å². The number of likely N-dealkylation sites (N-methyl/N-ethyl adjacent to an activating group) is 1. The summed E-state index contributed by atoms with van der Waals surface area (Å²) < 4.78 is 0.536. The molecule has 2 aromatic carbocycles. The van der Waals surface area contributed by atoms with Crippen LogP contribution in [0.4, 0.5) is 0 Å². The first-order valence-electron chi connectivity index (χ1n) is 22.8. The molecule has 9 atom stereocenters. The van der Waals surface area contributed by atoms with Crippen molar-refractivity contribution in [3.63, 3.8) is 0 Å². The molecule has 0 saturated carbocycles. The second-order valence-electron chi connectivity index (χ2n) is 18.1. The number of phenolic OH excluding ortho intramolecular Hbond substituents is 1. The first-order valence-corrected chi connectivity index (χ1v) is 26.4. The van der Waals surface area contributed by atoms with Crippen LogP contribution in [0.5, 0.6) is 5.75 Å². The van der Waals surface area contributed by atoms with Gasteiger partial charge in [0.1, 0.15) is 42.0 Å². The van der Waals surface area contributed by atoms with E-state index in [1.807, 2.05) is 88.4 Å². The zero-order valence-corrected chi connectivity index (χ0v) is 43.3. The second-order valence-corrected chi connectivity index (χ2v) is 21.8. The third kappa shape index (κ3) is 16.6. The van der Waals surface area contributed by atoms with E-state index in [1.54, 1.807) is 24.0 Å². The number of carbonyl (C=O) groups is 8. The summed E-state index contributed by atoms with van der Waals surface area (Å²) >= 11 is 1.96. The minimum absolute atomic E-state index is 0.00140. The van der Waals surface area contributed by atoms with E-state index in [4.69, 9.17) is 0 Å². The number of nitrogens with one attached hydrogen (secondary N) is 7. The first-order chi connectivity index (χ1) is 31.7. The summed E-state index contributed by atoms with van der Waals surface area (Å²) in [4.78, 5) is 113. The quantitative estimate of drug-likeness (QED) is 0.107. The van der Waals surface area contributed by atoms with Crippen molar-refractivity contribution in [2.45, 2.75) is 117 Å². The predicted molar refractivity (Wildman–Crippen MR) is 268 cm³/mol. The molecule has 2 heterocycles. The molecule has 0 bridgehead atoms. The molecule has 8 amide bonds. The highest BCUT2D eigenvalue weighted by molar-refractivity contribution is 14.1. The molecule has 2 saturated heterocycles. The fraction of sp³-hybridized carbons (Fsp3) is 0.574. The molecule has 1 unspecified atom stereocenters. The van der Waals surface area contributed by atoms with Gasteiger partial charge in [0.15, 0.2) is 0 Å². The van der Waals surface area contributed by atoms with Crippen molar-refractivity contribution in [3.8, 4) is 5.75 Å². The van der Waals surface area contributed by atoms with E-state index in [-0.39, 0.29) is 66.1 Å². The van der Waals surface area contributed by atoms with Gasteiger partial charge in [-0.05, 0) is 83.4 Å². The first kappa shape index (κ1) is 55.0. The zero-order valence-electron chi connectivity index (χ0n) is 39.5. The molecule has 8 N–H and O–H groups in total. The Morgan fingerprint density at radius 1 is 0.866 bits per heavy atom. The number of phenols is 1. The summed E-state index contributed by atoms with van der Waals surface area (Å²) in [6.07, 6.45) is 1.22. The highest BCUT2D eigenvalue weighted by Crippen LogP contribution is 2.30. The Morgan fingerprint density at radius 2 is 1.54 bits per heavy atom. The van der Waals surface area contributed by atoms with E-state index < -0.39 is 84.2 Å². The lowest BCUT2D eigenvalue weighted by Gasteiger charge is -2.29. The molecular formula is C47H67IN8O9S2. The number of hydrogen-bond acceptors (Lipinski definition) is 11. The topological polar surface area (TPSA) is 244 Å². The lowest BCUT2D eigenvalue weighted by Crippen LogP contribution is -2.60. The van der Waals surface area contributed by atoms with Gasteiger partial charge < -0.3 is 47.2 Å². The highest BCUT2D eigenvalue weighted by Gasteiger charge is 2.41. The third-order valence-corrected chi connectivity index (χ3v) is 15.3. The van der Waals surface area contributed by atoms with Crippen LogP contribution in [-0.2, 0) is 51.2 Å². The normalized spacial score (nSPS) is 23.9. The molecule has 20 heteroatoms. The van der Waals surface area contributed by atoms with Crippen molar-refractivity contribution in [3.05, 3.63) is 62.7 Å². The molecular weight excluding hydrogens is 1010 g/mol. The minimum atomic E-state index is -1.23. The Morgan fingerprint density at radius 3 is 2.18 bits per heavy atom. The van der Waals surface area contributed by atoms with E-state index in [0.717, 1.165) is 11.1 Å². The minimum Gasteiger partial charge on any atom is -0.507 e. The van der Waals surface area contributed by atoms with Crippen molar-refractivity contribution in [1.82, 2.24) is 42.1 Å². The van der Waals surface area contributed by atoms with Gasteiger partial charge in [-0.15, -0.1) is 0 Å². The number of halogens is 1. The second kappa shape index (κ2) is 26.3. The van der Waals surface area contributed by atoms with E-state index in [1.165, 1.54) is 34.7 Å². The van der Waals surface area contributed by atoms with Gasteiger partial charge in [-0.2, -0.15) is 0 Å². The van der Waals surface area contributed by atoms with Crippen LogP contribution < -0.4 is 37.2 Å². The Hall–Kier alpha value is -4.57. The van der Waals surface area contributed by atoms with Gasteiger partial charge in [-0.3, -0.25) is 38.4 Å². The molecule has 2 aliphatic rings. The van der Waals surface area contributed by atoms with Gasteiger partial charge in [0.2, 0.25) is 47.3 Å². The lowest BCUT2D eigenvalue weighted by molar-refractivity contribution is -0.141. The smallest absolute Gasteiger partial charge is 0.244 e. The molecule has 4 rings (SSSR count). The van der Waals surface area contributed by atoms with Crippen LogP contribution in [-0.4, -0.2) is 125 Å². The summed E-state index contributed by atoms with van der Waals surface area (Å²) in [5, 5.41) is 29.4. The van der Waals surface area contributed by atoms with E-state index in [0.29, 0.717) is 28.5 Å². The number of amides is 8. The Labute approximate surface area is 415 Å². The van der Waals surface area contributed by atoms with E-state index in [2.05, 4.69) is 37.2 Å². The van der Waals surface area contributed by atoms with E-state index >= 15 is 0 Å².